The van der Waals surface area contributed by atoms with Crippen LogP contribution in [0.3, 0.4) is 0 Å². The molecule has 0 saturated carbocycles. The second-order valence-electron chi connectivity index (χ2n) is 9.51. The summed E-state index contributed by atoms with van der Waals surface area (Å²) in [7, 11) is 0. The molecule has 0 aliphatic carbocycles. The topological polar surface area (TPSA) is 68.8 Å². The van der Waals surface area contributed by atoms with Gasteiger partial charge in [0.05, 0.1) is 27.8 Å². The average Bonchev–Trinajstić information content (AvgIpc) is 3.55. The van der Waals surface area contributed by atoms with Crippen molar-refractivity contribution in [1.29, 1.82) is 0 Å². The second-order valence-corrected chi connectivity index (χ2v) is 10.6. The zero-order valence-corrected chi connectivity index (χ0v) is 21.1. The zero-order valence-electron chi connectivity index (χ0n) is 20.3. The second kappa shape index (κ2) is 10.8. The highest BCUT2D eigenvalue weighted by Crippen LogP contribution is 2.24. The molecule has 2 fully saturated rings. The molecule has 0 bridgehead atoms. The maximum atomic E-state index is 12.9. The number of rotatable bonds is 7. The Morgan fingerprint density at radius 3 is 2.40 bits per heavy atom. The van der Waals surface area contributed by atoms with Gasteiger partial charge in [-0.05, 0) is 49.6 Å². The quantitative estimate of drug-likeness (QED) is 0.548. The lowest BCUT2D eigenvalue weighted by molar-refractivity contribution is -0.132. The molecule has 2 aromatic carbocycles. The van der Waals surface area contributed by atoms with Crippen LogP contribution in [0.4, 0.5) is 5.69 Å². The number of benzene rings is 2. The average molecular weight is 492 g/mol. The Morgan fingerprint density at radius 2 is 1.69 bits per heavy atom. The third-order valence-electron chi connectivity index (χ3n) is 7.07. The van der Waals surface area contributed by atoms with Gasteiger partial charge in [0, 0.05) is 51.4 Å². The van der Waals surface area contributed by atoms with E-state index in [9.17, 15) is 9.59 Å². The molecule has 0 radical (unpaired) electrons. The van der Waals surface area contributed by atoms with Crippen molar-refractivity contribution in [2.75, 3.05) is 51.1 Å². The number of amides is 2. The van der Waals surface area contributed by atoms with Crippen molar-refractivity contribution in [2.45, 2.75) is 32.2 Å². The predicted molar refractivity (Wildman–Crippen MR) is 141 cm³/mol. The smallest absolute Gasteiger partial charge is 0.241 e. The summed E-state index contributed by atoms with van der Waals surface area (Å²) in [5, 5.41) is 4.16. The molecule has 7 nitrogen and oxygen atoms in total. The summed E-state index contributed by atoms with van der Waals surface area (Å²) in [6.07, 6.45) is 3.03. The Kier molecular flexibility index (Phi) is 7.41. The number of likely N-dealkylation sites (tertiary alicyclic amines) is 1. The van der Waals surface area contributed by atoms with Crippen LogP contribution in [0, 0.1) is 0 Å². The third-order valence-corrected chi connectivity index (χ3v) is 8.10. The molecule has 2 amide bonds. The van der Waals surface area contributed by atoms with E-state index in [1.54, 1.807) is 11.3 Å². The molecule has 5 rings (SSSR count). The highest BCUT2D eigenvalue weighted by atomic mass is 32.1. The molecule has 184 valence electrons. The highest BCUT2D eigenvalue weighted by Gasteiger charge is 2.27. The number of nitrogens with one attached hydrogen (secondary N) is 1. The van der Waals surface area contributed by atoms with Crippen molar-refractivity contribution in [3.8, 4) is 0 Å². The summed E-state index contributed by atoms with van der Waals surface area (Å²) >= 11 is 1.73. The van der Waals surface area contributed by atoms with Gasteiger partial charge in [-0.15, -0.1) is 11.3 Å². The summed E-state index contributed by atoms with van der Waals surface area (Å²) in [5.74, 6) is 0.249. The summed E-state index contributed by atoms with van der Waals surface area (Å²) in [6.45, 7) is 7.48. The summed E-state index contributed by atoms with van der Waals surface area (Å²) < 4.78 is 1.21. The number of carbonyl (C=O) groups is 2. The van der Waals surface area contributed by atoms with Crippen molar-refractivity contribution in [1.82, 2.24) is 19.7 Å². The summed E-state index contributed by atoms with van der Waals surface area (Å²) in [6, 6.07) is 16.0. The molecular weight excluding hydrogens is 458 g/mol. The van der Waals surface area contributed by atoms with Crippen molar-refractivity contribution in [3.05, 3.63) is 59.1 Å². The minimum Gasteiger partial charge on any atom is -0.342 e. The van der Waals surface area contributed by atoms with Gasteiger partial charge in [-0.2, -0.15) is 0 Å². The van der Waals surface area contributed by atoms with Gasteiger partial charge >= 0.3 is 0 Å². The van der Waals surface area contributed by atoms with Crippen LogP contribution in [0.25, 0.3) is 10.2 Å². The fourth-order valence-corrected chi connectivity index (χ4v) is 5.86. The van der Waals surface area contributed by atoms with E-state index in [4.69, 9.17) is 4.98 Å². The van der Waals surface area contributed by atoms with Gasteiger partial charge in [-0.1, -0.05) is 24.3 Å². The van der Waals surface area contributed by atoms with Crippen LogP contribution in [0.15, 0.2) is 48.5 Å². The maximum Gasteiger partial charge on any atom is 0.241 e. The number of fused-ring (bicyclic) bond motifs is 1. The fourth-order valence-electron chi connectivity index (χ4n) is 4.86. The van der Waals surface area contributed by atoms with Crippen LogP contribution in [0.1, 0.15) is 30.3 Å². The first-order chi connectivity index (χ1) is 17.0. The van der Waals surface area contributed by atoms with Gasteiger partial charge in [0.25, 0.3) is 0 Å². The minimum absolute atomic E-state index is 0.00511. The lowest BCUT2D eigenvalue weighted by Crippen LogP contribution is -2.54. The zero-order chi connectivity index (χ0) is 24.2. The van der Waals surface area contributed by atoms with Gasteiger partial charge < -0.3 is 10.2 Å². The molecule has 3 aromatic rings. The molecule has 1 aromatic heterocycles. The Bertz CT molecular complexity index is 1130. The summed E-state index contributed by atoms with van der Waals surface area (Å²) in [5.41, 5.74) is 3.03. The van der Waals surface area contributed by atoms with Crippen LogP contribution >= 0.6 is 11.3 Å². The van der Waals surface area contributed by atoms with Crippen LogP contribution in [-0.4, -0.2) is 83.4 Å². The van der Waals surface area contributed by atoms with Gasteiger partial charge in [0.1, 0.15) is 0 Å². The van der Waals surface area contributed by atoms with Gasteiger partial charge in [0.2, 0.25) is 11.8 Å². The van der Waals surface area contributed by atoms with E-state index < -0.39 is 0 Å². The molecule has 3 heterocycles. The molecule has 2 aliphatic rings. The van der Waals surface area contributed by atoms with Crippen molar-refractivity contribution in [3.63, 3.8) is 0 Å². The Labute approximate surface area is 210 Å². The standard InChI is InChI=1S/C27H33N5O2S/c1-20(31-16-14-30(15-17-31)19-26(33)32-12-4-5-13-32)27(34)28-22-10-8-21(9-11-22)18-25-29-23-6-2-3-7-24(23)35-25/h2-3,6-11,20H,4-5,12-19H2,1H3,(H,28,34)/t20-/m1/s1. The minimum atomic E-state index is -0.214. The van der Waals surface area contributed by atoms with Crippen LogP contribution in [-0.2, 0) is 16.0 Å². The van der Waals surface area contributed by atoms with Crippen molar-refractivity contribution in [2.24, 2.45) is 0 Å². The van der Waals surface area contributed by atoms with E-state index >= 15 is 0 Å². The molecule has 2 saturated heterocycles. The van der Waals surface area contributed by atoms with E-state index in [0.29, 0.717) is 6.54 Å². The molecule has 0 spiro atoms. The number of hydrogen-bond donors (Lipinski definition) is 1. The largest absolute Gasteiger partial charge is 0.342 e. The first kappa shape index (κ1) is 23.9. The van der Waals surface area contributed by atoms with E-state index in [2.05, 4.69) is 33.3 Å². The van der Waals surface area contributed by atoms with E-state index in [0.717, 1.165) is 74.7 Å². The third kappa shape index (κ3) is 5.89. The number of anilines is 1. The normalized spacial score (nSPS) is 18.1. The van der Waals surface area contributed by atoms with Crippen LogP contribution < -0.4 is 5.32 Å². The lowest BCUT2D eigenvalue weighted by atomic mass is 10.1. The fraction of sp³-hybridized carbons (Fsp3) is 0.444. The van der Waals surface area contributed by atoms with Crippen LogP contribution in [0.2, 0.25) is 0 Å². The molecule has 2 aliphatic heterocycles. The maximum absolute atomic E-state index is 12.9. The lowest BCUT2D eigenvalue weighted by Gasteiger charge is -2.37. The molecule has 1 atom stereocenters. The van der Waals surface area contributed by atoms with E-state index in [1.807, 2.05) is 42.2 Å². The molecular formula is C27H33N5O2S. The van der Waals surface area contributed by atoms with Crippen molar-refractivity contribution < 1.29 is 9.59 Å². The number of carbonyl (C=O) groups excluding carboxylic acids is 2. The number of thiazole rings is 1. The Hall–Kier alpha value is -2.81. The molecule has 35 heavy (non-hydrogen) atoms. The first-order valence-electron chi connectivity index (χ1n) is 12.5. The van der Waals surface area contributed by atoms with Crippen molar-refractivity contribution >= 4 is 39.1 Å². The van der Waals surface area contributed by atoms with E-state index in [-0.39, 0.29) is 17.9 Å². The van der Waals surface area contributed by atoms with Gasteiger partial charge in [-0.3, -0.25) is 19.4 Å². The number of nitrogens with zero attached hydrogens (tertiary/aromatic N) is 4. The summed E-state index contributed by atoms with van der Waals surface area (Å²) in [4.78, 5) is 36.4. The van der Waals surface area contributed by atoms with Gasteiger partial charge in [0.15, 0.2) is 0 Å². The number of para-hydroxylation sites is 1. The van der Waals surface area contributed by atoms with Crippen LogP contribution in [0.5, 0.6) is 0 Å². The van der Waals surface area contributed by atoms with Gasteiger partial charge in [-0.25, -0.2) is 4.98 Å². The number of piperazine rings is 1. The molecule has 1 N–H and O–H groups in total. The SMILES string of the molecule is C[C@H](C(=O)Nc1ccc(Cc2nc3ccccc3s2)cc1)N1CCN(CC(=O)N2CCCC2)CC1. The molecule has 0 unspecified atom stereocenters. The highest BCUT2D eigenvalue weighted by molar-refractivity contribution is 7.18. The Balaban J connectivity index is 1.09. The first-order valence-corrected chi connectivity index (χ1v) is 13.4. The number of hydrogen-bond acceptors (Lipinski definition) is 6. The Morgan fingerprint density at radius 1 is 0.971 bits per heavy atom. The molecule has 8 heteroatoms. The number of aromatic nitrogens is 1. The monoisotopic (exact) mass is 491 g/mol. The van der Waals surface area contributed by atoms with E-state index in [1.165, 1.54) is 10.3 Å². The predicted octanol–water partition coefficient (Wildman–Crippen LogP) is 3.45.